The Morgan fingerprint density at radius 1 is 0.593 bits per heavy atom. The fourth-order valence-corrected chi connectivity index (χ4v) is 3.75. The van der Waals surface area contributed by atoms with E-state index in [1.54, 1.807) is 0 Å². The Morgan fingerprint density at radius 2 is 1.19 bits per heavy atom. The van der Waals surface area contributed by atoms with Crippen LogP contribution in [0.4, 0.5) is 17.5 Å². The number of piperidine rings is 1. The van der Waals surface area contributed by atoms with Crippen molar-refractivity contribution in [1.29, 1.82) is 0 Å². The topological polar surface area (TPSA) is 91.5 Å². The molecule has 0 unspecified atom stereocenters. The number of tetrazole rings is 1. The molecule has 10 nitrogen and oxygen atoms in total. The van der Waals surface area contributed by atoms with Crippen molar-refractivity contribution >= 4 is 23.1 Å². The molecular formula is C17H22N10. The minimum absolute atomic E-state index is 0.654. The zero-order valence-electron chi connectivity index (χ0n) is 15.1. The predicted octanol–water partition coefficient (Wildman–Crippen LogP) is 0.626. The summed E-state index contributed by atoms with van der Waals surface area (Å²) in [6.07, 6.45) is 3.81. The van der Waals surface area contributed by atoms with Gasteiger partial charge >= 0.3 is 0 Å². The maximum atomic E-state index is 4.48. The van der Waals surface area contributed by atoms with E-state index in [2.05, 4.69) is 57.7 Å². The van der Waals surface area contributed by atoms with Crippen LogP contribution in [-0.2, 0) is 0 Å². The molecule has 0 atom stereocenters. The summed E-state index contributed by atoms with van der Waals surface area (Å²) in [5.41, 5.74) is 0.654. The van der Waals surface area contributed by atoms with Crippen LogP contribution in [0.2, 0.25) is 0 Å². The van der Waals surface area contributed by atoms with Crippen molar-refractivity contribution in [2.45, 2.75) is 19.3 Å². The molecule has 2 aliphatic heterocycles. The third kappa shape index (κ3) is 3.22. The smallest absolute Gasteiger partial charge is 0.200 e. The van der Waals surface area contributed by atoms with Gasteiger partial charge in [0.2, 0.25) is 0 Å². The lowest BCUT2D eigenvalue weighted by atomic mass is 10.1. The fourth-order valence-electron chi connectivity index (χ4n) is 3.75. The van der Waals surface area contributed by atoms with Gasteiger partial charge in [0.05, 0.1) is 0 Å². The van der Waals surface area contributed by atoms with E-state index in [1.165, 1.54) is 23.9 Å². The lowest BCUT2D eigenvalue weighted by Crippen LogP contribution is -2.47. The predicted molar refractivity (Wildman–Crippen MR) is 101 cm³/mol. The van der Waals surface area contributed by atoms with E-state index >= 15 is 0 Å². The summed E-state index contributed by atoms with van der Waals surface area (Å²) in [6.45, 7) is 5.68. The van der Waals surface area contributed by atoms with Gasteiger partial charge in [-0.3, -0.25) is 0 Å². The van der Waals surface area contributed by atoms with E-state index in [9.17, 15) is 0 Å². The maximum absolute atomic E-state index is 4.48. The summed E-state index contributed by atoms with van der Waals surface area (Å²) in [5.74, 6) is 2.83. The molecule has 5 rings (SSSR count). The summed E-state index contributed by atoms with van der Waals surface area (Å²) in [4.78, 5) is 6.85. The van der Waals surface area contributed by atoms with Crippen LogP contribution >= 0.6 is 0 Å². The first-order valence-corrected chi connectivity index (χ1v) is 9.51. The van der Waals surface area contributed by atoms with Crippen molar-refractivity contribution in [3.8, 4) is 0 Å². The van der Waals surface area contributed by atoms with Crippen LogP contribution in [0.5, 0.6) is 0 Å². The maximum Gasteiger partial charge on any atom is 0.200 e. The molecule has 0 saturated carbocycles. The number of aromatic nitrogens is 7. The minimum Gasteiger partial charge on any atom is -0.355 e. The number of hydrogen-bond donors (Lipinski definition) is 0. The van der Waals surface area contributed by atoms with Crippen LogP contribution in [-0.4, -0.2) is 74.7 Å². The summed E-state index contributed by atoms with van der Waals surface area (Å²) in [5, 5.41) is 24.8. The molecular weight excluding hydrogens is 344 g/mol. The average Bonchev–Trinajstić information content (AvgIpc) is 3.23. The van der Waals surface area contributed by atoms with Crippen LogP contribution in [0, 0.1) is 0 Å². The molecule has 0 radical (unpaired) electrons. The van der Waals surface area contributed by atoms with Gasteiger partial charge in [-0.2, -0.15) is 0 Å². The summed E-state index contributed by atoms with van der Waals surface area (Å²) >= 11 is 0. The summed E-state index contributed by atoms with van der Waals surface area (Å²) < 4.78 is 1.46. The Morgan fingerprint density at radius 3 is 1.85 bits per heavy atom. The van der Waals surface area contributed by atoms with Gasteiger partial charge in [-0.25, -0.2) is 0 Å². The SMILES string of the molecule is c1cc(N2CCN(c3ccc4nnnn4n3)CC2)nnc1N1CCCCC1. The number of anilines is 3. The third-order valence-corrected chi connectivity index (χ3v) is 5.30. The molecule has 2 aliphatic rings. The van der Waals surface area contributed by atoms with E-state index in [4.69, 9.17) is 0 Å². The quantitative estimate of drug-likeness (QED) is 0.661. The van der Waals surface area contributed by atoms with E-state index in [1.807, 2.05) is 12.1 Å². The highest BCUT2D eigenvalue weighted by molar-refractivity contribution is 5.49. The van der Waals surface area contributed by atoms with Crippen LogP contribution in [0.1, 0.15) is 19.3 Å². The summed E-state index contributed by atoms with van der Waals surface area (Å²) in [6, 6.07) is 8.05. The Labute approximate surface area is 156 Å². The van der Waals surface area contributed by atoms with Crippen LogP contribution in [0.15, 0.2) is 24.3 Å². The van der Waals surface area contributed by atoms with Gasteiger partial charge in [0.25, 0.3) is 0 Å². The van der Waals surface area contributed by atoms with Gasteiger partial charge in [-0.05, 0) is 54.0 Å². The van der Waals surface area contributed by atoms with E-state index in [0.717, 1.165) is 56.7 Å². The third-order valence-electron chi connectivity index (χ3n) is 5.30. The first-order valence-electron chi connectivity index (χ1n) is 9.51. The number of nitrogens with zero attached hydrogens (tertiary/aromatic N) is 10. The second kappa shape index (κ2) is 6.93. The molecule has 140 valence electrons. The van der Waals surface area contributed by atoms with E-state index in [0.29, 0.717) is 5.65 Å². The first kappa shape index (κ1) is 16.2. The highest BCUT2D eigenvalue weighted by Crippen LogP contribution is 2.21. The molecule has 3 aromatic rings. The van der Waals surface area contributed by atoms with Crippen molar-refractivity contribution in [2.24, 2.45) is 0 Å². The molecule has 2 fully saturated rings. The molecule has 2 saturated heterocycles. The second-order valence-corrected chi connectivity index (χ2v) is 6.99. The van der Waals surface area contributed by atoms with Crippen LogP contribution in [0.3, 0.4) is 0 Å². The van der Waals surface area contributed by atoms with Crippen molar-refractivity contribution in [2.75, 3.05) is 54.0 Å². The van der Waals surface area contributed by atoms with Crippen molar-refractivity contribution in [1.82, 2.24) is 35.5 Å². The number of fused-ring (bicyclic) bond motifs is 1. The van der Waals surface area contributed by atoms with Gasteiger partial charge in [-0.15, -0.1) is 25.0 Å². The zero-order chi connectivity index (χ0) is 18.1. The minimum atomic E-state index is 0.654. The Hall–Kier alpha value is -3.04. The fraction of sp³-hybridized carbons (Fsp3) is 0.529. The molecule has 5 heterocycles. The number of rotatable bonds is 3. The molecule has 0 bridgehead atoms. The first-order chi connectivity index (χ1) is 13.4. The monoisotopic (exact) mass is 366 g/mol. The number of piperazine rings is 1. The van der Waals surface area contributed by atoms with Crippen LogP contribution < -0.4 is 14.7 Å². The normalized spacial score (nSPS) is 18.3. The largest absolute Gasteiger partial charge is 0.355 e. The van der Waals surface area contributed by atoms with Crippen molar-refractivity contribution in [3.63, 3.8) is 0 Å². The molecule has 0 spiro atoms. The number of hydrogen-bond acceptors (Lipinski definition) is 9. The zero-order valence-corrected chi connectivity index (χ0v) is 15.1. The average molecular weight is 366 g/mol. The molecule has 0 N–H and O–H groups in total. The Kier molecular flexibility index (Phi) is 4.15. The van der Waals surface area contributed by atoms with E-state index in [-0.39, 0.29) is 0 Å². The Bertz CT molecular complexity index is 893. The van der Waals surface area contributed by atoms with Gasteiger partial charge in [0.15, 0.2) is 23.1 Å². The second-order valence-electron chi connectivity index (χ2n) is 6.99. The lowest BCUT2D eigenvalue weighted by molar-refractivity contribution is 0.570. The van der Waals surface area contributed by atoms with Crippen LogP contribution in [0.25, 0.3) is 5.65 Å². The van der Waals surface area contributed by atoms with Crippen molar-refractivity contribution in [3.05, 3.63) is 24.3 Å². The highest BCUT2D eigenvalue weighted by atomic mass is 15.6. The van der Waals surface area contributed by atoms with Gasteiger partial charge in [-0.1, -0.05) is 0 Å². The Balaban J connectivity index is 1.23. The molecule has 3 aromatic heterocycles. The highest BCUT2D eigenvalue weighted by Gasteiger charge is 2.21. The van der Waals surface area contributed by atoms with Crippen molar-refractivity contribution < 1.29 is 0 Å². The molecule has 0 amide bonds. The molecule has 27 heavy (non-hydrogen) atoms. The van der Waals surface area contributed by atoms with Gasteiger partial charge in [0.1, 0.15) is 0 Å². The summed E-state index contributed by atoms with van der Waals surface area (Å²) in [7, 11) is 0. The standard InChI is InChI=1S/C17H22N10/c1-2-8-24(9-3-1)14-4-5-15(19-18-14)25-10-12-26(13-11-25)17-7-6-16-20-22-23-27(16)21-17/h4-7H,1-3,8-13H2. The van der Waals surface area contributed by atoms with Gasteiger partial charge in [0, 0.05) is 39.3 Å². The lowest BCUT2D eigenvalue weighted by Gasteiger charge is -2.35. The molecule has 10 heteroatoms. The van der Waals surface area contributed by atoms with Gasteiger partial charge < -0.3 is 14.7 Å². The molecule has 0 aliphatic carbocycles. The van der Waals surface area contributed by atoms with E-state index < -0.39 is 0 Å². The molecule has 0 aromatic carbocycles.